The van der Waals surface area contributed by atoms with Crippen molar-refractivity contribution in [3.05, 3.63) is 0 Å². The Morgan fingerprint density at radius 1 is 0.441 bits per heavy atom. The van der Waals surface area contributed by atoms with Crippen LogP contribution in [0.5, 0.6) is 0 Å². The zero-order valence-corrected chi connectivity index (χ0v) is 17.7. The highest BCUT2D eigenvalue weighted by molar-refractivity contribution is 4.96. The van der Waals surface area contributed by atoms with E-state index in [1.165, 1.54) is 0 Å². The van der Waals surface area contributed by atoms with Crippen LogP contribution in [0.4, 0.5) is 0 Å². The van der Waals surface area contributed by atoms with Gasteiger partial charge in [0.25, 0.3) is 0 Å². The number of aliphatic hydroxyl groups is 11. The first-order valence-corrected chi connectivity index (χ1v) is 10.6. The van der Waals surface area contributed by atoms with Crippen LogP contribution >= 0.6 is 0 Å². The highest BCUT2D eigenvalue weighted by Crippen LogP contribution is 2.32. The van der Waals surface area contributed by atoms with Gasteiger partial charge >= 0.3 is 0 Å². The van der Waals surface area contributed by atoms with Crippen molar-refractivity contribution in [3.63, 3.8) is 0 Å². The molecular formula is C18H32O16. The molecule has 200 valence electrons. The third kappa shape index (κ3) is 5.37. The van der Waals surface area contributed by atoms with Crippen molar-refractivity contribution < 1.29 is 79.9 Å². The van der Waals surface area contributed by atoms with Crippen molar-refractivity contribution in [2.75, 3.05) is 19.8 Å². The van der Waals surface area contributed by atoms with E-state index in [9.17, 15) is 56.2 Å². The molecule has 0 bridgehead atoms. The van der Waals surface area contributed by atoms with Gasteiger partial charge in [0.05, 0.1) is 19.8 Å². The number of rotatable bonds is 7. The molecule has 3 rings (SSSR count). The summed E-state index contributed by atoms with van der Waals surface area (Å²) >= 11 is 0. The van der Waals surface area contributed by atoms with Gasteiger partial charge in [-0.3, -0.25) is 0 Å². The average Bonchev–Trinajstić information content (AvgIpc) is 2.83. The molecule has 16 heteroatoms. The summed E-state index contributed by atoms with van der Waals surface area (Å²) in [6.07, 6.45) is -25.4. The summed E-state index contributed by atoms with van der Waals surface area (Å²) in [5.41, 5.74) is 0. The molecule has 0 aromatic carbocycles. The Labute approximate surface area is 192 Å². The van der Waals surface area contributed by atoms with E-state index in [1.54, 1.807) is 0 Å². The third-order valence-electron chi connectivity index (χ3n) is 6.09. The van der Waals surface area contributed by atoms with Crippen LogP contribution in [0.25, 0.3) is 0 Å². The molecule has 0 aliphatic carbocycles. The first-order chi connectivity index (χ1) is 16.0. The van der Waals surface area contributed by atoms with Gasteiger partial charge in [0, 0.05) is 0 Å². The van der Waals surface area contributed by atoms with Crippen LogP contribution in [0.15, 0.2) is 0 Å². The standard InChI is InChI=1S/C18H32O16/c19-1-4-7(22)9(24)12(27)17(31-4)34-15-8(23)5(2-20)32-18(13(15)28)33-14-6(3-21)30-16(29)11(26)10(14)25/h4-29H,1-3H2/t4-,5-,6-,7-,8-,9+,10-,11-,12+,13-,14-,15+,16+,17-,18+/m1/s1. The van der Waals surface area contributed by atoms with E-state index in [-0.39, 0.29) is 0 Å². The van der Waals surface area contributed by atoms with Crippen LogP contribution in [0.2, 0.25) is 0 Å². The number of hydrogen-bond donors (Lipinski definition) is 11. The maximum atomic E-state index is 10.8. The molecule has 0 saturated carbocycles. The smallest absolute Gasteiger partial charge is 0.187 e. The first kappa shape index (κ1) is 27.9. The van der Waals surface area contributed by atoms with Gasteiger partial charge in [0.15, 0.2) is 18.9 Å². The maximum Gasteiger partial charge on any atom is 0.187 e. The van der Waals surface area contributed by atoms with E-state index < -0.39 is 112 Å². The Kier molecular flexibility index (Phi) is 9.54. The van der Waals surface area contributed by atoms with Crippen LogP contribution in [0, 0.1) is 0 Å². The Morgan fingerprint density at radius 3 is 1.50 bits per heavy atom. The van der Waals surface area contributed by atoms with Gasteiger partial charge in [-0.25, -0.2) is 0 Å². The van der Waals surface area contributed by atoms with Gasteiger partial charge in [0.2, 0.25) is 0 Å². The van der Waals surface area contributed by atoms with E-state index >= 15 is 0 Å². The van der Waals surface area contributed by atoms with Gasteiger partial charge in [-0.1, -0.05) is 0 Å². The molecule has 0 unspecified atom stereocenters. The molecule has 3 fully saturated rings. The van der Waals surface area contributed by atoms with Gasteiger partial charge < -0.3 is 79.9 Å². The van der Waals surface area contributed by atoms with E-state index in [0.29, 0.717) is 0 Å². The predicted octanol–water partition coefficient (Wildman–Crippen LogP) is -7.57. The van der Waals surface area contributed by atoms with Crippen molar-refractivity contribution >= 4 is 0 Å². The van der Waals surface area contributed by atoms with Crippen LogP contribution in [-0.4, -0.2) is 168 Å². The topological polar surface area (TPSA) is 269 Å². The van der Waals surface area contributed by atoms with Crippen LogP contribution in [0.3, 0.4) is 0 Å². The second-order valence-corrected chi connectivity index (χ2v) is 8.33. The minimum atomic E-state index is -1.90. The van der Waals surface area contributed by atoms with Gasteiger partial charge in [0.1, 0.15) is 73.2 Å². The van der Waals surface area contributed by atoms with Gasteiger partial charge in [-0.15, -0.1) is 0 Å². The molecule has 0 aromatic heterocycles. The molecule has 3 aliphatic heterocycles. The lowest BCUT2D eigenvalue weighted by molar-refractivity contribution is -0.378. The normalized spacial score (nSPS) is 52.5. The SMILES string of the molecule is OC[C@H]1O[C@H](O[C@@H]2[C@@H](O)[C@H](O[C@H]3[C@H](O)[C@@H](O)[C@@H](O)O[C@@H]3CO)O[C@H](CO)[C@H]2O)[C@@H](O)[C@@H](O)[C@@H]1O. The summed E-state index contributed by atoms with van der Waals surface area (Å²) in [7, 11) is 0. The fraction of sp³-hybridized carbons (Fsp3) is 1.00. The lowest BCUT2D eigenvalue weighted by atomic mass is 9.96. The molecule has 15 atom stereocenters. The van der Waals surface area contributed by atoms with Crippen molar-refractivity contribution in [2.45, 2.75) is 92.1 Å². The Balaban J connectivity index is 1.78. The second kappa shape index (κ2) is 11.6. The predicted molar refractivity (Wildman–Crippen MR) is 101 cm³/mol. The largest absolute Gasteiger partial charge is 0.394 e. The summed E-state index contributed by atoms with van der Waals surface area (Å²) in [4.78, 5) is 0. The molecule has 0 radical (unpaired) electrons. The molecule has 3 aliphatic rings. The quantitative estimate of drug-likeness (QED) is 0.154. The molecule has 3 heterocycles. The third-order valence-corrected chi connectivity index (χ3v) is 6.09. The molecule has 3 saturated heterocycles. The maximum absolute atomic E-state index is 10.8. The lowest BCUT2D eigenvalue weighted by Crippen LogP contribution is -2.66. The Hall–Kier alpha value is -0.640. The van der Waals surface area contributed by atoms with E-state index in [2.05, 4.69) is 0 Å². The highest BCUT2D eigenvalue weighted by Gasteiger charge is 2.53. The molecule has 0 amide bonds. The summed E-state index contributed by atoms with van der Waals surface area (Å²) in [5.74, 6) is 0. The van der Waals surface area contributed by atoms with Gasteiger partial charge in [-0.05, 0) is 0 Å². The molecule has 0 aromatic rings. The molecule has 0 spiro atoms. The van der Waals surface area contributed by atoms with Crippen LogP contribution < -0.4 is 0 Å². The van der Waals surface area contributed by atoms with Crippen LogP contribution in [-0.2, 0) is 23.7 Å². The molecular weight excluding hydrogens is 472 g/mol. The Bertz CT molecular complexity index is 637. The summed E-state index contributed by atoms with van der Waals surface area (Å²) in [6, 6.07) is 0. The number of aliphatic hydroxyl groups excluding tert-OH is 11. The molecule has 34 heavy (non-hydrogen) atoms. The average molecular weight is 504 g/mol. The lowest BCUT2D eigenvalue weighted by Gasteiger charge is -2.47. The zero-order chi connectivity index (χ0) is 25.3. The molecule has 11 N–H and O–H groups in total. The number of hydrogen-bond acceptors (Lipinski definition) is 16. The Morgan fingerprint density at radius 2 is 0.941 bits per heavy atom. The van der Waals surface area contributed by atoms with Crippen molar-refractivity contribution in [2.24, 2.45) is 0 Å². The van der Waals surface area contributed by atoms with Gasteiger partial charge in [-0.2, -0.15) is 0 Å². The zero-order valence-electron chi connectivity index (χ0n) is 17.7. The summed E-state index contributed by atoms with van der Waals surface area (Å²) in [5, 5.41) is 109. The summed E-state index contributed by atoms with van der Waals surface area (Å²) < 4.78 is 26.4. The van der Waals surface area contributed by atoms with Crippen molar-refractivity contribution in [1.82, 2.24) is 0 Å². The summed E-state index contributed by atoms with van der Waals surface area (Å²) in [6.45, 7) is -2.34. The van der Waals surface area contributed by atoms with Crippen LogP contribution in [0.1, 0.15) is 0 Å². The van der Waals surface area contributed by atoms with E-state index in [1.807, 2.05) is 0 Å². The second-order valence-electron chi connectivity index (χ2n) is 8.33. The minimum Gasteiger partial charge on any atom is -0.394 e. The highest BCUT2D eigenvalue weighted by atomic mass is 16.7. The number of ether oxygens (including phenoxy) is 5. The fourth-order valence-corrected chi connectivity index (χ4v) is 4.05. The monoisotopic (exact) mass is 504 g/mol. The fourth-order valence-electron chi connectivity index (χ4n) is 4.05. The first-order valence-electron chi connectivity index (χ1n) is 10.6. The van der Waals surface area contributed by atoms with Crippen molar-refractivity contribution in [1.29, 1.82) is 0 Å². The minimum absolute atomic E-state index is 0.759. The van der Waals surface area contributed by atoms with E-state index in [4.69, 9.17) is 23.7 Å². The van der Waals surface area contributed by atoms with Crippen molar-refractivity contribution in [3.8, 4) is 0 Å². The molecule has 16 nitrogen and oxygen atoms in total. The van der Waals surface area contributed by atoms with E-state index in [0.717, 1.165) is 0 Å².